The summed E-state index contributed by atoms with van der Waals surface area (Å²) in [6.07, 6.45) is 3.61. The molecule has 1 aromatic carbocycles. The van der Waals surface area contributed by atoms with Crippen LogP contribution in [0, 0.1) is 5.92 Å². The Morgan fingerprint density at radius 3 is 2.67 bits per heavy atom. The minimum Gasteiger partial charge on any atom is -0.423 e. The van der Waals surface area contributed by atoms with Crippen molar-refractivity contribution in [1.29, 1.82) is 0 Å². The lowest BCUT2D eigenvalue weighted by Crippen LogP contribution is -2.42. The highest BCUT2D eigenvalue weighted by molar-refractivity contribution is 7.90. The lowest BCUT2D eigenvalue weighted by Gasteiger charge is -2.29. The van der Waals surface area contributed by atoms with Gasteiger partial charge >= 0.3 is 0 Å². The number of carbonyl (C=O) groups is 1. The third-order valence-electron chi connectivity index (χ3n) is 4.65. The minimum absolute atomic E-state index is 0.0257. The largest absolute Gasteiger partial charge is 0.423 e. The first-order chi connectivity index (χ1) is 12.9. The monoisotopic (exact) mass is 389 g/mol. The van der Waals surface area contributed by atoms with E-state index in [0.717, 1.165) is 11.1 Å². The molecule has 142 valence electrons. The van der Waals surface area contributed by atoms with Gasteiger partial charge in [-0.3, -0.25) is 9.48 Å². The van der Waals surface area contributed by atoms with Crippen LogP contribution in [-0.4, -0.2) is 42.2 Å². The van der Waals surface area contributed by atoms with Crippen molar-refractivity contribution >= 4 is 33.0 Å². The molecular formula is C17H19N5O4S. The van der Waals surface area contributed by atoms with Crippen LogP contribution in [0.1, 0.15) is 12.8 Å². The number of nitrogens with one attached hydrogen (secondary N) is 1. The molecule has 0 radical (unpaired) electrons. The molecule has 0 saturated carbocycles. The standard InChI is InChI=1S/C17H19N5O4S/c1-21-11-13(10-18-21)27(24,25)20-16(23)12-6-8-22(9-7-12)17-19-14-4-2-3-5-15(14)26-17/h2-5,10-12H,6-9H2,1H3,(H,20,23). The highest BCUT2D eigenvalue weighted by Crippen LogP contribution is 2.26. The van der Waals surface area contributed by atoms with Gasteiger partial charge in [-0.2, -0.15) is 10.1 Å². The first-order valence-corrected chi connectivity index (χ1v) is 10.1. The summed E-state index contributed by atoms with van der Waals surface area (Å²) in [5.41, 5.74) is 1.50. The molecule has 27 heavy (non-hydrogen) atoms. The molecule has 10 heteroatoms. The predicted molar refractivity (Wildman–Crippen MR) is 97.5 cm³/mol. The van der Waals surface area contributed by atoms with Crippen molar-refractivity contribution in [2.45, 2.75) is 17.7 Å². The second-order valence-electron chi connectivity index (χ2n) is 6.54. The van der Waals surface area contributed by atoms with Gasteiger partial charge in [-0.15, -0.1) is 0 Å². The molecule has 3 aromatic rings. The number of fused-ring (bicyclic) bond motifs is 1. The van der Waals surface area contributed by atoms with Crippen LogP contribution in [0.25, 0.3) is 11.1 Å². The fourth-order valence-corrected chi connectivity index (χ4v) is 4.17. The Kier molecular flexibility index (Phi) is 4.34. The van der Waals surface area contributed by atoms with E-state index in [1.807, 2.05) is 29.2 Å². The van der Waals surface area contributed by atoms with Crippen molar-refractivity contribution in [1.82, 2.24) is 19.5 Å². The van der Waals surface area contributed by atoms with Crippen LogP contribution in [0.5, 0.6) is 0 Å². The number of amides is 1. The zero-order chi connectivity index (χ0) is 19.0. The van der Waals surface area contributed by atoms with Crippen molar-refractivity contribution < 1.29 is 17.6 Å². The van der Waals surface area contributed by atoms with Gasteiger partial charge in [0.25, 0.3) is 16.0 Å². The Morgan fingerprint density at radius 2 is 2.00 bits per heavy atom. The molecule has 1 fully saturated rings. The number of hydrogen-bond acceptors (Lipinski definition) is 7. The van der Waals surface area contributed by atoms with E-state index in [0.29, 0.717) is 31.9 Å². The van der Waals surface area contributed by atoms with E-state index >= 15 is 0 Å². The van der Waals surface area contributed by atoms with E-state index < -0.39 is 15.9 Å². The maximum atomic E-state index is 12.4. The average Bonchev–Trinajstić information content (AvgIpc) is 3.28. The molecule has 4 rings (SSSR count). The normalized spacial score (nSPS) is 16.0. The van der Waals surface area contributed by atoms with Crippen molar-refractivity contribution in [3.05, 3.63) is 36.7 Å². The summed E-state index contributed by atoms with van der Waals surface area (Å²) < 4.78 is 33.8. The first kappa shape index (κ1) is 17.5. The summed E-state index contributed by atoms with van der Waals surface area (Å²) in [7, 11) is -2.28. The van der Waals surface area contributed by atoms with Crippen LogP contribution in [0.4, 0.5) is 6.01 Å². The molecule has 0 bridgehead atoms. The summed E-state index contributed by atoms with van der Waals surface area (Å²) in [4.78, 5) is 18.8. The molecule has 1 N–H and O–H groups in total. The zero-order valence-electron chi connectivity index (χ0n) is 14.7. The number of benzene rings is 1. The number of oxazole rings is 1. The number of anilines is 1. The second-order valence-corrected chi connectivity index (χ2v) is 8.23. The molecule has 9 nitrogen and oxygen atoms in total. The van der Waals surface area contributed by atoms with E-state index in [2.05, 4.69) is 14.8 Å². The SMILES string of the molecule is Cn1cc(S(=O)(=O)NC(=O)C2CCN(c3nc4ccccc4o3)CC2)cn1. The number of aryl methyl sites for hydroxylation is 1. The van der Waals surface area contributed by atoms with Gasteiger partial charge in [-0.1, -0.05) is 12.1 Å². The molecule has 0 spiro atoms. The molecule has 3 heterocycles. The molecule has 1 amide bonds. The van der Waals surface area contributed by atoms with Crippen LogP contribution in [-0.2, 0) is 21.9 Å². The molecule has 1 aliphatic rings. The van der Waals surface area contributed by atoms with Gasteiger partial charge in [0, 0.05) is 32.3 Å². The number of aromatic nitrogens is 3. The number of piperidine rings is 1. The fraction of sp³-hybridized carbons (Fsp3) is 0.353. The summed E-state index contributed by atoms with van der Waals surface area (Å²) >= 11 is 0. The van der Waals surface area contributed by atoms with Crippen molar-refractivity contribution in [2.75, 3.05) is 18.0 Å². The third kappa shape index (κ3) is 3.52. The predicted octanol–water partition coefficient (Wildman–Crippen LogP) is 1.28. The molecular weight excluding hydrogens is 370 g/mol. The highest BCUT2D eigenvalue weighted by atomic mass is 32.2. The maximum Gasteiger partial charge on any atom is 0.298 e. The van der Waals surface area contributed by atoms with Gasteiger partial charge in [0.05, 0.1) is 6.20 Å². The molecule has 0 unspecified atom stereocenters. The summed E-state index contributed by atoms with van der Waals surface area (Å²) in [6.45, 7) is 1.13. The number of para-hydroxylation sites is 2. The Hall–Kier alpha value is -2.88. The van der Waals surface area contributed by atoms with Gasteiger partial charge < -0.3 is 9.32 Å². The molecule has 1 saturated heterocycles. The quantitative estimate of drug-likeness (QED) is 0.716. The van der Waals surface area contributed by atoms with E-state index in [9.17, 15) is 13.2 Å². The fourth-order valence-electron chi connectivity index (χ4n) is 3.14. The Labute approximate surface area is 156 Å². The third-order valence-corrected chi connectivity index (χ3v) is 5.95. The average molecular weight is 389 g/mol. The summed E-state index contributed by atoms with van der Waals surface area (Å²) in [5.74, 6) is -0.867. The molecule has 2 aromatic heterocycles. The van der Waals surface area contributed by atoms with Crippen LogP contribution in [0.2, 0.25) is 0 Å². The van der Waals surface area contributed by atoms with Crippen molar-refractivity contribution in [2.24, 2.45) is 13.0 Å². The summed E-state index contributed by atoms with van der Waals surface area (Å²) in [5, 5.41) is 3.83. The van der Waals surface area contributed by atoms with E-state index in [1.54, 1.807) is 7.05 Å². The Morgan fingerprint density at radius 1 is 1.26 bits per heavy atom. The van der Waals surface area contributed by atoms with E-state index in [4.69, 9.17) is 4.42 Å². The van der Waals surface area contributed by atoms with Crippen LogP contribution in [0.3, 0.4) is 0 Å². The smallest absolute Gasteiger partial charge is 0.298 e. The second kappa shape index (κ2) is 6.69. The number of rotatable bonds is 4. The number of carbonyl (C=O) groups excluding carboxylic acids is 1. The van der Waals surface area contributed by atoms with Crippen LogP contribution < -0.4 is 9.62 Å². The number of sulfonamides is 1. The molecule has 0 atom stereocenters. The maximum absolute atomic E-state index is 12.4. The van der Waals surface area contributed by atoms with Crippen molar-refractivity contribution in [3.8, 4) is 0 Å². The topological polar surface area (TPSA) is 110 Å². The minimum atomic E-state index is -3.90. The number of hydrogen-bond donors (Lipinski definition) is 1. The lowest BCUT2D eigenvalue weighted by atomic mass is 9.97. The van der Waals surface area contributed by atoms with Crippen LogP contribution in [0.15, 0.2) is 46.0 Å². The first-order valence-electron chi connectivity index (χ1n) is 8.58. The zero-order valence-corrected chi connectivity index (χ0v) is 15.5. The van der Waals surface area contributed by atoms with Gasteiger partial charge in [0.1, 0.15) is 10.4 Å². The Bertz CT molecular complexity index is 1050. The van der Waals surface area contributed by atoms with Crippen molar-refractivity contribution in [3.63, 3.8) is 0 Å². The van der Waals surface area contributed by atoms with Crippen LogP contribution >= 0.6 is 0 Å². The van der Waals surface area contributed by atoms with Gasteiger partial charge in [-0.05, 0) is 25.0 Å². The van der Waals surface area contributed by atoms with E-state index in [-0.39, 0.29) is 10.8 Å². The molecule has 1 aliphatic heterocycles. The molecule has 0 aliphatic carbocycles. The number of nitrogens with zero attached hydrogens (tertiary/aromatic N) is 4. The van der Waals surface area contributed by atoms with Gasteiger partial charge in [0.2, 0.25) is 5.91 Å². The summed E-state index contributed by atoms with van der Waals surface area (Å²) in [6, 6.07) is 8.05. The van der Waals surface area contributed by atoms with Gasteiger partial charge in [0.15, 0.2) is 5.58 Å². The van der Waals surface area contributed by atoms with E-state index in [1.165, 1.54) is 17.1 Å². The lowest BCUT2D eigenvalue weighted by molar-refractivity contribution is -0.123. The Balaban J connectivity index is 1.39. The highest BCUT2D eigenvalue weighted by Gasteiger charge is 2.30. The van der Waals surface area contributed by atoms with Gasteiger partial charge in [-0.25, -0.2) is 13.1 Å².